The molecule has 0 fully saturated rings. The molecular formula is C14H21NO2. The van der Waals surface area contributed by atoms with E-state index in [1.165, 1.54) is 5.56 Å². The lowest BCUT2D eigenvalue weighted by atomic mass is 10.0. The highest BCUT2D eigenvalue weighted by Crippen LogP contribution is 2.35. The van der Waals surface area contributed by atoms with E-state index in [1.54, 1.807) is 6.07 Å². The number of phenols is 2. The summed E-state index contributed by atoms with van der Waals surface area (Å²) >= 11 is 0. The fourth-order valence-electron chi connectivity index (χ4n) is 2.55. The average molecular weight is 235 g/mol. The first kappa shape index (κ1) is 12.2. The first-order valence-electron chi connectivity index (χ1n) is 6.48. The van der Waals surface area contributed by atoms with Gasteiger partial charge in [0, 0.05) is 11.6 Å². The van der Waals surface area contributed by atoms with E-state index in [4.69, 9.17) is 0 Å². The van der Waals surface area contributed by atoms with Gasteiger partial charge in [-0.25, -0.2) is 0 Å². The van der Waals surface area contributed by atoms with Crippen LogP contribution in [0.4, 0.5) is 0 Å². The van der Waals surface area contributed by atoms with Crippen molar-refractivity contribution in [2.24, 2.45) is 0 Å². The van der Waals surface area contributed by atoms with Gasteiger partial charge < -0.3 is 15.5 Å². The van der Waals surface area contributed by atoms with Crippen molar-refractivity contribution in [1.82, 2.24) is 5.32 Å². The highest BCUT2D eigenvalue weighted by molar-refractivity contribution is 5.49. The molecule has 0 saturated carbocycles. The van der Waals surface area contributed by atoms with Crippen molar-refractivity contribution in [3.05, 3.63) is 23.3 Å². The van der Waals surface area contributed by atoms with Crippen LogP contribution in [0.5, 0.6) is 11.5 Å². The molecule has 1 aromatic carbocycles. The van der Waals surface area contributed by atoms with Crippen LogP contribution in [0.1, 0.15) is 37.3 Å². The molecule has 0 amide bonds. The Morgan fingerprint density at radius 3 is 2.94 bits per heavy atom. The van der Waals surface area contributed by atoms with E-state index in [2.05, 4.69) is 12.2 Å². The Morgan fingerprint density at radius 1 is 1.35 bits per heavy atom. The summed E-state index contributed by atoms with van der Waals surface area (Å²) in [6.45, 7) is 3.21. The van der Waals surface area contributed by atoms with Gasteiger partial charge in [0.25, 0.3) is 0 Å². The third-order valence-corrected chi connectivity index (χ3v) is 3.49. The maximum absolute atomic E-state index is 9.86. The zero-order valence-electron chi connectivity index (χ0n) is 10.4. The average Bonchev–Trinajstić information content (AvgIpc) is 2.54. The summed E-state index contributed by atoms with van der Waals surface area (Å²) in [7, 11) is 0. The molecule has 17 heavy (non-hydrogen) atoms. The quantitative estimate of drug-likeness (QED) is 0.557. The van der Waals surface area contributed by atoms with Crippen LogP contribution in [0.15, 0.2) is 12.1 Å². The van der Waals surface area contributed by atoms with E-state index in [9.17, 15) is 10.2 Å². The van der Waals surface area contributed by atoms with Gasteiger partial charge in [0.1, 0.15) is 0 Å². The molecule has 0 saturated heterocycles. The second-order valence-corrected chi connectivity index (χ2v) is 4.82. The Bertz CT molecular complexity index is 390. The summed E-state index contributed by atoms with van der Waals surface area (Å²) in [6.07, 6.45) is 5.15. The minimum Gasteiger partial charge on any atom is -0.504 e. The molecule has 94 valence electrons. The SMILES string of the molecule is CCCN[C@H]1CCCc2c(ccc(O)c2O)C1. The number of rotatable bonds is 3. The van der Waals surface area contributed by atoms with Crippen LogP contribution in [-0.2, 0) is 12.8 Å². The summed E-state index contributed by atoms with van der Waals surface area (Å²) in [4.78, 5) is 0. The Balaban J connectivity index is 2.18. The summed E-state index contributed by atoms with van der Waals surface area (Å²) < 4.78 is 0. The van der Waals surface area contributed by atoms with Crippen molar-refractivity contribution in [3.63, 3.8) is 0 Å². The molecule has 0 aromatic heterocycles. The van der Waals surface area contributed by atoms with Crippen LogP contribution < -0.4 is 5.32 Å². The maximum Gasteiger partial charge on any atom is 0.160 e. The zero-order valence-corrected chi connectivity index (χ0v) is 10.4. The predicted octanol–water partition coefficient (Wildman–Crippen LogP) is 2.34. The van der Waals surface area contributed by atoms with Gasteiger partial charge in [0.15, 0.2) is 11.5 Å². The Hall–Kier alpha value is -1.22. The fraction of sp³-hybridized carbons (Fsp3) is 0.571. The number of nitrogens with one attached hydrogen (secondary N) is 1. The van der Waals surface area contributed by atoms with Crippen LogP contribution in [-0.4, -0.2) is 22.8 Å². The monoisotopic (exact) mass is 235 g/mol. The first-order chi connectivity index (χ1) is 8.22. The molecular weight excluding hydrogens is 214 g/mol. The highest BCUT2D eigenvalue weighted by atomic mass is 16.3. The van der Waals surface area contributed by atoms with Crippen molar-refractivity contribution in [3.8, 4) is 11.5 Å². The zero-order chi connectivity index (χ0) is 12.3. The molecule has 0 unspecified atom stereocenters. The molecule has 3 N–H and O–H groups in total. The van der Waals surface area contributed by atoms with Crippen molar-refractivity contribution in [1.29, 1.82) is 0 Å². The Kier molecular flexibility index (Phi) is 3.89. The van der Waals surface area contributed by atoms with Crippen LogP contribution >= 0.6 is 0 Å². The summed E-state index contributed by atoms with van der Waals surface area (Å²) in [5.41, 5.74) is 2.11. The molecule has 2 rings (SSSR count). The lowest BCUT2D eigenvalue weighted by molar-refractivity contribution is 0.398. The molecule has 1 atom stereocenters. The van der Waals surface area contributed by atoms with Gasteiger partial charge in [-0.2, -0.15) is 0 Å². The van der Waals surface area contributed by atoms with Gasteiger partial charge in [-0.1, -0.05) is 13.0 Å². The molecule has 0 bridgehead atoms. The molecule has 0 heterocycles. The molecule has 1 aliphatic carbocycles. The van der Waals surface area contributed by atoms with Crippen molar-refractivity contribution in [2.75, 3.05) is 6.54 Å². The minimum absolute atomic E-state index is 0.00344. The van der Waals surface area contributed by atoms with Crippen LogP contribution in [0.3, 0.4) is 0 Å². The smallest absolute Gasteiger partial charge is 0.160 e. The summed E-state index contributed by atoms with van der Waals surface area (Å²) in [5, 5.41) is 22.9. The van der Waals surface area contributed by atoms with Crippen LogP contribution in [0.2, 0.25) is 0 Å². The first-order valence-corrected chi connectivity index (χ1v) is 6.48. The summed E-state index contributed by atoms with van der Waals surface area (Å²) in [5.74, 6) is 0.0855. The van der Waals surface area contributed by atoms with Crippen LogP contribution in [0.25, 0.3) is 0 Å². The number of hydrogen-bond donors (Lipinski definition) is 3. The van der Waals surface area contributed by atoms with Gasteiger partial charge in [0.2, 0.25) is 0 Å². The third kappa shape index (κ3) is 2.72. The number of aromatic hydroxyl groups is 2. The second-order valence-electron chi connectivity index (χ2n) is 4.82. The molecule has 0 spiro atoms. The molecule has 3 nitrogen and oxygen atoms in total. The van der Waals surface area contributed by atoms with Gasteiger partial charge >= 0.3 is 0 Å². The van der Waals surface area contributed by atoms with Crippen LogP contribution in [0, 0.1) is 0 Å². The van der Waals surface area contributed by atoms with Gasteiger partial charge in [-0.05, 0) is 50.3 Å². The number of fused-ring (bicyclic) bond motifs is 1. The Morgan fingerprint density at radius 2 is 2.18 bits per heavy atom. The third-order valence-electron chi connectivity index (χ3n) is 3.49. The maximum atomic E-state index is 9.86. The standard InChI is InChI=1S/C14H21NO2/c1-2-8-15-11-4-3-5-12-10(9-11)6-7-13(16)14(12)17/h6-7,11,15-17H,2-5,8-9H2,1H3/t11-/m0/s1. The number of benzene rings is 1. The predicted molar refractivity (Wildman–Crippen MR) is 68.5 cm³/mol. The number of phenolic OH excluding ortho intramolecular Hbond substituents is 2. The molecule has 0 radical (unpaired) electrons. The lowest BCUT2D eigenvalue weighted by Gasteiger charge is -2.16. The van der Waals surface area contributed by atoms with E-state index in [0.717, 1.165) is 44.2 Å². The molecule has 1 aromatic rings. The Labute approximate surface area is 102 Å². The van der Waals surface area contributed by atoms with Gasteiger partial charge in [0.05, 0.1) is 0 Å². The van der Waals surface area contributed by atoms with Crippen molar-refractivity contribution >= 4 is 0 Å². The highest BCUT2D eigenvalue weighted by Gasteiger charge is 2.19. The fourth-order valence-corrected chi connectivity index (χ4v) is 2.55. The lowest BCUT2D eigenvalue weighted by Crippen LogP contribution is -2.31. The second kappa shape index (κ2) is 5.41. The summed E-state index contributed by atoms with van der Waals surface area (Å²) in [6, 6.07) is 4.03. The normalized spacial score (nSPS) is 19.7. The van der Waals surface area contributed by atoms with E-state index < -0.39 is 0 Å². The topological polar surface area (TPSA) is 52.5 Å². The minimum atomic E-state index is 0.00344. The van der Waals surface area contributed by atoms with E-state index >= 15 is 0 Å². The number of hydrogen-bond acceptors (Lipinski definition) is 3. The van der Waals surface area contributed by atoms with E-state index in [0.29, 0.717) is 6.04 Å². The van der Waals surface area contributed by atoms with Crippen molar-refractivity contribution in [2.45, 2.75) is 45.1 Å². The molecule has 1 aliphatic rings. The van der Waals surface area contributed by atoms with Gasteiger partial charge in [-0.15, -0.1) is 0 Å². The van der Waals surface area contributed by atoms with Gasteiger partial charge in [-0.3, -0.25) is 0 Å². The largest absolute Gasteiger partial charge is 0.504 e. The molecule has 0 aliphatic heterocycles. The van der Waals surface area contributed by atoms with Crippen molar-refractivity contribution < 1.29 is 10.2 Å². The van der Waals surface area contributed by atoms with E-state index in [1.807, 2.05) is 6.07 Å². The van der Waals surface area contributed by atoms with E-state index in [-0.39, 0.29) is 11.5 Å². The molecule has 3 heteroatoms.